The maximum absolute atomic E-state index is 5.85. The second-order valence-electron chi connectivity index (χ2n) is 5.53. The fourth-order valence-corrected chi connectivity index (χ4v) is 1.43. The van der Waals surface area contributed by atoms with Crippen LogP contribution in [-0.4, -0.2) is 11.9 Å². The molecule has 0 fully saturated rings. The third kappa shape index (κ3) is 5.73. The molecule has 3 nitrogen and oxygen atoms in total. The molecule has 100 valence electrons. The first kappa shape index (κ1) is 14.6. The smallest absolute Gasteiger partial charge is 0.220 e. The van der Waals surface area contributed by atoms with E-state index >= 15 is 0 Å². The molecule has 0 aliphatic carbocycles. The van der Waals surface area contributed by atoms with Crippen molar-refractivity contribution >= 4 is 5.69 Å². The van der Waals surface area contributed by atoms with Crippen molar-refractivity contribution in [2.24, 2.45) is 0 Å². The number of nitrogen functional groups attached to an aromatic ring is 1. The molecule has 1 aromatic rings. The van der Waals surface area contributed by atoms with Crippen molar-refractivity contribution in [1.29, 1.82) is 0 Å². The van der Waals surface area contributed by atoms with Crippen LogP contribution in [0.25, 0.3) is 0 Å². The van der Waals surface area contributed by atoms with Crippen LogP contribution in [0.3, 0.4) is 0 Å². The highest BCUT2D eigenvalue weighted by atomic mass is 16.7. The van der Waals surface area contributed by atoms with Crippen LogP contribution in [-0.2, 0) is 4.74 Å². The van der Waals surface area contributed by atoms with Crippen LogP contribution in [0.4, 0.5) is 5.69 Å². The summed E-state index contributed by atoms with van der Waals surface area (Å²) in [7, 11) is 0. The number of rotatable bonds is 4. The van der Waals surface area contributed by atoms with E-state index in [1.807, 2.05) is 58.9 Å². The molecule has 0 aromatic heterocycles. The molecule has 1 aromatic carbocycles. The molecule has 0 radical (unpaired) electrons. The molecular formula is C15H23NO2. The zero-order valence-electron chi connectivity index (χ0n) is 11.9. The first-order chi connectivity index (χ1) is 8.26. The van der Waals surface area contributed by atoms with E-state index in [2.05, 4.69) is 0 Å². The van der Waals surface area contributed by atoms with Gasteiger partial charge in [0, 0.05) is 11.8 Å². The summed E-state index contributed by atoms with van der Waals surface area (Å²) >= 11 is 0. The Labute approximate surface area is 110 Å². The van der Waals surface area contributed by atoms with Crippen LogP contribution < -0.4 is 10.5 Å². The van der Waals surface area contributed by atoms with E-state index in [9.17, 15) is 0 Å². The Kier molecular flexibility index (Phi) is 4.79. The van der Waals surface area contributed by atoms with Crippen LogP contribution in [0.15, 0.2) is 35.9 Å². The van der Waals surface area contributed by atoms with Crippen molar-refractivity contribution in [3.05, 3.63) is 35.9 Å². The summed E-state index contributed by atoms with van der Waals surface area (Å²) in [5.74, 6) is 0.710. The molecule has 3 heteroatoms. The number of nitrogens with two attached hydrogens (primary N) is 1. The van der Waals surface area contributed by atoms with Crippen LogP contribution in [0.2, 0.25) is 0 Å². The molecule has 0 saturated carbocycles. The molecule has 1 atom stereocenters. The van der Waals surface area contributed by atoms with Gasteiger partial charge in [0.1, 0.15) is 5.75 Å². The van der Waals surface area contributed by atoms with Crippen LogP contribution in [0, 0.1) is 0 Å². The van der Waals surface area contributed by atoms with Crippen molar-refractivity contribution in [3.8, 4) is 5.75 Å². The molecule has 0 spiro atoms. The topological polar surface area (TPSA) is 44.5 Å². The standard InChI is InChI=1S/C15H23NO2/c1-11(2)9-14(18-15(3,4)5)17-13-8-6-7-12(16)10-13/h6-10,14H,16H2,1-5H3. The van der Waals surface area contributed by atoms with E-state index in [1.54, 1.807) is 6.07 Å². The largest absolute Gasteiger partial charge is 0.461 e. The maximum Gasteiger partial charge on any atom is 0.220 e. The Hall–Kier alpha value is -1.48. The highest BCUT2D eigenvalue weighted by Gasteiger charge is 2.18. The summed E-state index contributed by atoms with van der Waals surface area (Å²) < 4.78 is 11.7. The Balaban J connectivity index is 2.82. The van der Waals surface area contributed by atoms with E-state index < -0.39 is 6.29 Å². The van der Waals surface area contributed by atoms with Gasteiger partial charge in [0.15, 0.2) is 0 Å². The molecule has 0 saturated heterocycles. The molecule has 0 bridgehead atoms. The minimum atomic E-state index is -0.406. The molecule has 0 aliphatic rings. The molecule has 18 heavy (non-hydrogen) atoms. The number of benzene rings is 1. The summed E-state index contributed by atoms with van der Waals surface area (Å²) in [5.41, 5.74) is 7.29. The van der Waals surface area contributed by atoms with E-state index in [1.165, 1.54) is 0 Å². The lowest BCUT2D eigenvalue weighted by molar-refractivity contribution is -0.124. The van der Waals surface area contributed by atoms with E-state index in [4.69, 9.17) is 15.2 Å². The van der Waals surface area contributed by atoms with Crippen LogP contribution in [0.1, 0.15) is 34.6 Å². The number of anilines is 1. The van der Waals surface area contributed by atoms with Gasteiger partial charge in [0.25, 0.3) is 0 Å². The van der Waals surface area contributed by atoms with Crippen LogP contribution >= 0.6 is 0 Å². The van der Waals surface area contributed by atoms with Crippen molar-refractivity contribution in [1.82, 2.24) is 0 Å². The SMILES string of the molecule is CC(C)=CC(Oc1cccc(N)c1)OC(C)(C)C. The van der Waals surface area contributed by atoms with Gasteiger partial charge >= 0.3 is 0 Å². The van der Waals surface area contributed by atoms with E-state index in [0.29, 0.717) is 11.4 Å². The highest BCUT2D eigenvalue weighted by molar-refractivity contribution is 5.43. The van der Waals surface area contributed by atoms with Crippen molar-refractivity contribution < 1.29 is 9.47 Å². The molecule has 0 amide bonds. The van der Waals surface area contributed by atoms with Gasteiger partial charge < -0.3 is 15.2 Å². The van der Waals surface area contributed by atoms with E-state index in [-0.39, 0.29) is 5.60 Å². The predicted molar refractivity (Wildman–Crippen MR) is 75.5 cm³/mol. The Morgan fingerprint density at radius 2 is 1.94 bits per heavy atom. The molecule has 0 aliphatic heterocycles. The summed E-state index contributed by atoms with van der Waals surface area (Å²) in [6.07, 6.45) is 1.55. The highest BCUT2D eigenvalue weighted by Crippen LogP contribution is 2.20. The molecule has 2 N–H and O–H groups in total. The average molecular weight is 249 g/mol. The molecule has 0 heterocycles. The quantitative estimate of drug-likeness (QED) is 0.502. The van der Waals surface area contributed by atoms with Gasteiger partial charge in [-0.15, -0.1) is 0 Å². The predicted octanol–water partition coefficient (Wildman–Crippen LogP) is 3.76. The molecule has 1 unspecified atom stereocenters. The number of hydrogen-bond donors (Lipinski definition) is 1. The lowest BCUT2D eigenvalue weighted by Crippen LogP contribution is -2.30. The van der Waals surface area contributed by atoms with Gasteiger partial charge in [0.05, 0.1) is 5.60 Å². The van der Waals surface area contributed by atoms with Gasteiger partial charge in [-0.05, 0) is 52.8 Å². The minimum absolute atomic E-state index is 0.267. The zero-order chi connectivity index (χ0) is 13.8. The maximum atomic E-state index is 5.85. The van der Waals surface area contributed by atoms with Crippen LogP contribution in [0.5, 0.6) is 5.75 Å². The van der Waals surface area contributed by atoms with Crippen molar-refractivity contribution in [2.75, 3.05) is 5.73 Å². The van der Waals surface area contributed by atoms with E-state index in [0.717, 1.165) is 5.57 Å². The van der Waals surface area contributed by atoms with Crippen molar-refractivity contribution in [3.63, 3.8) is 0 Å². The third-order valence-electron chi connectivity index (χ3n) is 2.05. The summed E-state index contributed by atoms with van der Waals surface area (Å²) in [6, 6.07) is 7.35. The normalized spacial score (nSPS) is 12.9. The summed E-state index contributed by atoms with van der Waals surface area (Å²) in [6.45, 7) is 10.0. The second-order valence-corrected chi connectivity index (χ2v) is 5.53. The monoisotopic (exact) mass is 249 g/mol. The lowest BCUT2D eigenvalue weighted by atomic mass is 10.2. The summed E-state index contributed by atoms with van der Waals surface area (Å²) in [4.78, 5) is 0. The van der Waals surface area contributed by atoms with Gasteiger partial charge in [0.2, 0.25) is 6.29 Å². The number of hydrogen-bond acceptors (Lipinski definition) is 3. The first-order valence-electron chi connectivity index (χ1n) is 6.11. The number of allylic oxidation sites excluding steroid dienone is 1. The fraction of sp³-hybridized carbons (Fsp3) is 0.467. The Morgan fingerprint density at radius 3 is 2.44 bits per heavy atom. The van der Waals surface area contributed by atoms with Gasteiger partial charge in [-0.2, -0.15) is 0 Å². The Morgan fingerprint density at radius 1 is 1.28 bits per heavy atom. The van der Waals surface area contributed by atoms with Gasteiger partial charge in [-0.3, -0.25) is 0 Å². The van der Waals surface area contributed by atoms with Gasteiger partial charge in [-0.1, -0.05) is 11.6 Å². The number of ether oxygens (including phenoxy) is 2. The Bertz CT molecular complexity index is 415. The molecule has 1 rings (SSSR count). The lowest BCUT2D eigenvalue weighted by Gasteiger charge is -2.26. The fourth-order valence-electron chi connectivity index (χ4n) is 1.43. The average Bonchev–Trinajstić information content (AvgIpc) is 2.12. The zero-order valence-corrected chi connectivity index (χ0v) is 11.9. The third-order valence-corrected chi connectivity index (χ3v) is 2.05. The van der Waals surface area contributed by atoms with Crippen molar-refractivity contribution in [2.45, 2.75) is 46.5 Å². The van der Waals surface area contributed by atoms with Gasteiger partial charge in [-0.25, -0.2) is 0 Å². The second kappa shape index (κ2) is 5.91. The summed E-state index contributed by atoms with van der Waals surface area (Å²) in [5, 5.41) is 0. The molecular weight excluding hydrogens is 226 g/mol. The first-order valence-corrected chi connectivity index (χ1v) is 6.11. The minimum Gasteiger partial charge on any atom is -0.461 e.